The molecule has 0 aromatic carbocycles. The number of nitrogens with zero attached hydrogens (tertiary/aromatic N) is 2. The van der Waals surface area contributed by atoms with Crippen molar-refractivity contribution in [2.45, 2.75) is 6.54 Å². The van der Waals surface area contributed by atoms with Gasteiger partial charge in [0.2, 0.25) is 0 Å². The maximum Gasteiger partial charge on any atom is 0.104 e. The van der Waals surface area contributed by atoms with Gasteiger partial charge in [-0.2, -0.15) is 0 Å². The van der Waals surface area contributed by atoms with Crippen LogP contribution >= 0.6 is 15.9 Å². The van der Waals surface area contributed by atoms with E-state index in [0.29, 0.717) is 0 Å². The molecular weight excluding hydrogens is 194 g/mol. The molecule has 10 heavy (non-hydrogen) atoms. The molecular formula is C6H10BrN3. The van der Waals surface area contributed by atoms with Crippen molar-refractivity contribution in [1.29, 1.82) is 0 Å². The number of halogens is 1. The molecule has 0 saturated carbocycles. The number of imidazole rings is 1. The van der Waals surface area contributed by atoms with E-state index in [2.05, 4.69) is 26.2 Å². The van der Waals surface area contributed by atoms with Gasteiger partial charge in [-0.1, -0.05) is 0 Å². The van der Waals surface area contributed by atoms with Gasteiger partial charge >= 0.3 is 0 Å². The molecule has 0 spiro atoms. The largest absolute Gasteiger partial charge is 0.324 e. The quantitative estimate of drug-likeness (QED) is 0.791. The van der Waals surface area contributed by atoms with Crippen LogP contribution in [0.4, 0.5) is 0 Å². The molecule has 0 radical (unpaired) electrons. The van der Waals surface area contributed by atoms with Crippen LogP contribution in [0.1, 0.15) is 0 Å². The van der Waals surface area contributed by atoms with E-state index in [9.17, 15) is 0 Å². The van der Waals surface area contributed by atoms with Crippen LogP contribution in [0.25, 0.3) is 0 Å². The Balaban J connectivity index is 2.49. The Kier molecular flexibility index (Phi) is 2.89. The zero-order valence-electron chi connectivity index (χ0n) is 5.84. The first-order chi connectivity index (χ1) is 4.84. The molecule has 0 unspecified atom stereocenters. The first-order valence-electron chi connectivity index (χ1n) is 3.15. The summed E-state index contributed by atoms with van der Waals surface area (Å²) in [5, 5.41) is 3.06. The van der Waals surface area contributed by atoms with Gasteiger partial charge in [0.15, 0.2) is 0 Å². The van der Waals surface area contributed by atoms with Crippen LogP contribution in [-0.2, 0) is 6.54 Å². The molecule has 56 valence electrons. The highest BCUT2D eigenvalue weighted by molar-refractivity contribution is 9.10. The Bertz CT molecular complexity index is 197. The summed E-state index contributed by atoms with van der Waals surface area (Å²) in [5.41, 5.74) is 0. The molecule has 0 aliphatic carbocycles. The molecule has 0 amide bonds. The average molecular weight is 204 g/mol. The zero-order valence-corrected chi connectivity index (χ0v) is 7.43. The summed E-state index contributed by atoms with van der Waals surface area (Å²) in [4.78, 5) is 3.96. The summed E-state index contributed by atoms with van der Waals surface area (Å²) in [5.74, 6) is 0. The molecule has 1 heterocycles. The highest BCUT2D eigenvalue weighted by atomic mass is 79.9. The summed E-state index contributed by atoms with van der Waals surface area (Å²) < 4.78 is 3.07. The van der Waals surface area contributed by atoms with Crippen molar-refractivity contribution < 1.29 is 0 Å². The normalized spacial score (nSPS) is 10.2. The Labute approximate surface area is 68.6 Å². The molecule has 1 N–H and O–H groups in total. The van der Waals surface area contributed by atoms with Crippen molar-refractivity contribution in [3.8, 4) is 0 Å². The Hall–Kier alpha value is -0.350. The fourth-order valence-corrected chi connectivity index (χ4v) is 1.09. The Morgan fingerprint density at radius 1 is 1.80 bits per heavy atom. The number of nitrogens with one attached hydrogen (secondary N) is 1. The minimum absolute atomic E-state index is 0.955. The highest BCUT2D eigenvalue weighted by Gasteiger charge is 1.94. The molecule has 1 rings (SSSR count). The minimum Gasteiger partial charge on any atom is -0.324 e. The maximum absolute atomic E-state index is 3.96. The van der Waals surface area contributed by atoms with Gasteiger partial charge in [-0.3, -0.25) is 0 Å². The number of likely N-dealkylation sites (N-methyl/N-ethyl adjacent to an activating group) is 1. The van der Waals surface area contributed by atoms with E-state index >= 15 is 0 Å². The lowest BCUT2D eigenvalue weighted by Crippen LogP contribution is -2.14. The molecule has 0 atom stereocenters. The van der Waals surface area contributed by atoms with Crippen LogP contribution in [0.3, 0.4) is 0 Å². The predicted octanol–water partition coefficient (Wildman–Crippen LogP) is 0.865. The van der Waals surface area contributed by atoms with Crippen molar-refractivity contribution in [2.75, 3.05) is 13.6 Å². The summed E-state index contributed by atoms with van der Waals surface area (Å²) in [7, 11) is 1.94. The monoisotopic (exact) mass is 203 g/mol. The van der Waals surface area contributed by atoms with Crippen molar-refractivity contribution >= 4 is 15.9 Å². The summed E-state index contributed by atoms with van der Waals surface area (Å²) in [6.45, 7) is 1.92. The number of hydrogen-bond donors (Lipinski definition) is 1. The number of rotatable bonds is 3. The van der Waals surface area contributed by atoms with E-state index < -0.39 is 0 Å². The average Bonchev–Trinajstić information content (AvgIpc) is 2.31. The summed E-state index contributed by atoms with van der Waals surface area (Å²) in [6.07, 6.45) is 3.59. The lowest BCUT2D eigenvalue weighted by atomic mass is 10.6. The second-order valence-corrected chi connectivity index (χ2v) is 2.83. The maximum atomic E-state index is 3.96. The standard InChI is InChI=1S/C6H10BrN3/c1-8-2-3-10-5-9-4-6(10)7/h4-5,8H,2-3H2,1H3. The fraction of sp³-hybridized carbons (Fsp3) is 0.500. The lowest BCUT2D eigenvalue weighted by Gasteiger charge is -2.01. The van der Waals surface area contributed by atoms with E-state index in [1.165, 1.54) is 0 Å². The van der Waals surface area contributed by atoms with Gasteiger partial charge in [-0.15, -0.1) is 0 Å². The molecule has 0 fully saturated rings. The minimum atomic E-state index is 0.955. The van der Waals surface area contributed by atoms with Gasteiger partial charge in [0.25, 0.3) is 0 Å². The molecule has 4 heteroatoms. The smallest absolute Gasteiger partial charge is 0.104 e. The van der Waals surface area contributed by atoms with Crippen molar-refractivity contribution in [2.24, 2.45) is 0 Å². The second kappa shape index (κ2) is 3.73. The molecule has 0 bridgehead atoms. The van der Waals surface area contributed by atoms with Gasteiger partial charge < -0.3 is 9.88 Å². The highest BCUT2D eigenvalue weighted by Crippen LogP contribution is 2.06. The zero-order chi connectivity index (χ0) is 7.40. The van der Waals surface area contributed by atoms with Crippen molar-refractivity contribution in [3.05, 3.63) is 17.1 Å². The third kappa shape index (κ3) is 1.82. The van der Waals surface area contributed by atoms with Crippen LogP contribution in [0.2, 0.25) is 0 Å². The third-order valence-electron chi connectivity index (χ3n) is 1.26. The van der Waals surface area contributed by atoms with E-state index in [1.54, 1.807) is 12.5 Å². The van der Waals surface area contributed by atoms with Crippen LogP contribution in [-0.4, -0.2) is 23.1 Å². The van der Waals surface area contributed by atoms with Gasteiger partial charge in [-0.25, -0.2) is 4.98 Å². The predicted molar refractivity (Wildman–Crippen MR) is 43.9 cm³/mol. The SMILES string of the molecule is CNCCn1cncc1Br. The second-order valence-electron chi connectivity index (χ2n) is 2.01. The lowest BCUT2D eigenvalue weighted by molar-refractivity contribution is 0.635. The first-order valence-corrected chi connectivity index (χ1v) is 3.94. The summed E-state index contributed by atoms with van der Waals surface area (Å²) in [6, 6.07) is 0. The van der Waals surface area contributed by atoms with E-state index in [1.807, 2.05) is 11.6 Å². The molecule has 1 aromatic rings. The number of hydrogen-bond acceptors (Lipinski definition) is 2. The van der Waals surface area contributed by atoms with Crippen LogP contribution in [0, 0.1) is 0 Å². The van der Waals surface area contributed by atoms with E-state index in [4.69, 9.17) is 0 Å². The van der Waals surface area contributed by atoms with Crippen LogP contribution < -0.4 is 5.32 Å². The van der Waals surface area contributed by atoms with Gasteiger partial charge in [0.05, 0.1) is 12.5 Å². The Morgan fingerprint density at radius 2 is 2.60 bits per heavy atom. The molecule has 3 nitrogen and oxygen atoms in total. The van der Waals surface area contributed by atoms with Crippen LogP contribution in [0.5, 0.6) is 0 Å². The van der Waals surface area contributed by atoms with E-state index in [-0.39, 0.29) is 0 Å². The topological polar surface area (TPSA) is 29.9 Å². The molecule has 1 aromatic heterocycles. The molecule has 0 saturated heterocycles. The van der Waals surface area contributed by atoms with Gasteiger partial charge in [0, 0.05) is 13.1 Å². The van der Waals surface area contributed by atoms with Gasteiger partial charge in [-0.05, 0) is 23.0 Å². The Morgan fingerprint density at radius 3 is 3.10 bits per heavy atom. The summed E-state index contributed by atoms with van der Waals surface area (Å²) >= 11 is 3.37. The van der Waals surface area contributed by atoms with E-state index in [0.717, 1.165) is 17.7 Å². The molecule has 0 aliphatic heterocycles. The third-order valence-corrected chi connectivity index (χ3v) is 1.92. The van der Waals surface area contributed by atoms with Crippen molar-refractivity contribution in [1.82, 2.24) is 14.9 Å². The van der Waals surface area contributed by atoms with Crippen LogP contribution in [0.15, 0.2) is 17.1 Å². The van der Waals surface area contributed by atoms with Crippen molar-refractivity contribution in [3.63, 3.8) is 0 Å². The fourth-order valence-electron chi connectivity index (χ4n) is 0.701. The first kappa shape index (κ1) is 7.75. The number of aromatic nitrogens is 2. The van der Waals surface area contributed by atoms with Gasteiger partial charge in [0.1, 0.15) is 4.60 Å². The molecule has 0 aliphatic rings.